The molecule has 2 nitrogen and oxygen atoms in total. The van der Waals surface area contributed by atoms with Gasteiger partial charge in [0.15, 0.2) is 0 Å². The van der Waals surface area contributed by atoms with Crippen molar-refractivity contribution in [3.05, 3.63) is 52.3 Å². The predicted molar refractivity (Wildman–Crippen MR) is 86.5 cm³/mol. The van der Waals surface area contributed by atoms with Crippen LogP contribution in [0.25, 0.3) is 0 Å². The van der Waals surface area contributed by atoms with E-state index in [1.165, 1.54) is 11.1 Å². The van der Waals surface area contributed by atoms with Crippen LogP contribution in [0.3, 0.4) is 0 Å². The molecule has 0 aliphatic rings. The van der Waals surface area contributed by atoms with Gasteiger partial charge < -0.3 is 4.74 Å². The third-order valence-electron chi connectivity index (χ3n) is 3.22. The van der Waals surface area contributed by atoms with Crippen LogP contribution in [-0.2, 0) is 11.8 Å². The van der Waals surface area contributed by atoms with Crippen molar-refractivity contribution in [1.29, 1.82) is 0 Å². The lowest BCUT2D eigenvalue weighted by Gasteiger charge is -2.23. The molecule has 1 aromatic carbocycles. The maximum atomic E-state index is 6.08. The Balaban J connectivity index is 2.44. The molecule has 0 bridgehead atoms. The van der Waals surface area contributed by atoms with Crippen molar-refractivity contribution in [2.24, 2.45) is 0 Å². The van der Waals surface area contributed by atoms with Gasteiger partial charge in [0.1, 0.15) is 11.5 Å². The fourth-order valence-electron chi connectivity index (χ4n) is 2.04. The summed E-state index contributed by atoms with van der Waals surface area (Å²) in [7, 11) is 0. The first-order valence-corrected chi connectivity index (χ1v) is 7.62. The minimum atomic E-state index is 0.0417. The smallest absolute Gasteiger partial charge is 0.144 e. The molecule has 3 heteroatoms. The van der Waals surface area contributed by atoms with Gasteiger partial charge in [-0.2, -0.15) is 0 Å². The Labute approximate surface area is 129 Å². The lowest BCUT2D eigenvalue weighted by molar-refractivity contribution is 0.452. The molecule has 0 N–H and O–H groups in total. The van der Waals surface area contributed by atoms with Crippen LogP contribution in [0.15, 0.2) is 41.1 Å². The first-order valence-electron chi connectivity index (χ1n) is 6.82. The zero-order chi connectivity index (χ0) is 14.8. The Hall–Kier alpha value is -1.35. The van der Waals surface area contributed by atoms with Crippen LogP contribution in [0.2, 0.25) is 0 Å². The summed E-state index contributed by atoms with van der Waals surface area (Å²) in [6.07, 6.45) is 4.51. The molecule has 0 saturated heterocycles. The second-order valence-corrected chi connectivity index (χ2v) is 6.70. The van der Waals surface area contributed by atoms with E-state index in [2.05, 4.69) is 66.8 Å². The van der Waals surface area contributed by atoms with Gasteiger partial charge in [-0.3, -0.25) is 4.98 Å². The molecule has 0 radical (unpaired) electrons. The Morgan fingerprint density at radius 2 is 1.90 bits per heavy atom. The summed E-state index contributed by atoms with van der Waals surface area (Å²) in [5, 5.41) is 0. The fraction of sp³-hybridized carbons (Fsp3) is 0.353. The van der Waals surface area contributed by atoms with Gasteiger partial charge in [0, 0.05) is 24.0 Å². The Bertz CT molecular complexity index is 602. The normalized spacial score (nSPS) is 11.4. The van der Waals surface area contributed by atoms with E-state index in [0.29, 0.717) is 0 Å². The van der Waals surface area contributed by atoms with Gasteiger partial charge in [0.05, 0.1) is 4.47 Å². The molecule has 1 heterocycles. The summed E-state index contributed by atoms with van der Waals surface area (Å²) in [5.41, 5.74) is 2.59. The highest BCUT2D eigenvalue weighted by atomic mass is 79.9. The highest BCUT2D eigenvalue weighted by Gasteiger charge is 2.20. The van der Waals surface area contributed by atoms with Gasteiger partial charge in [-0.05, 0) is 39.4 Å². The minimum absolute atomic E-state index is 0.0417. The average Bonchev–Trinajstić information content (AvgIpc) is 2.40. The number of benzene rings is 1. The average molecular weight is 334 g/mol. The molecular formula is C17H20BrNO. The molecule has 106 valence electrons. The lowest BCUT2D eigenvalue weighted by Crippen LogP contribution is -2.13. The van der Waals surface area contributed by atoms with Gasteiger partial charge in [0.2, 0.25) is 0 Å². The SMILES string of the molecule is CCc1ccc(Oc2ccncc2Br)c(C(C)(C)C)c1. The van der Waals surface area contributed by atoms with E-state index in [1.807, 2.05) is 6.07 Å². The fourth-order valence-corrected chi connectivity index (χ4v) is 2.37. The van der Waals surface area contributed by atoms with Crippen molar-refractivity contribution in [2.75, 3.05) is 0 Å². The number of aromatic nitrogens is 1. The molecule has 20 heavy (non-hydrogen) atoms. The van der Waals surface area contributed by atoms with Gasteiger partial charge >= 0.3 is 0 Å². The zero-order valence-electron chi connectivity index (χ0n) is 12.4. The number of aryl methyl sites for hydroxylation is 1. The molecule has 1 aromatic heterocycles. The summed E-state index contributed by atoms with van der Waals surface area (Å²) in [5.74, 6) is 1.69. The van der Waals surface area contributed by atoms with Crippen molar-refractivity contribution < 1.29 is 4.74 Å². The van der Waals surface area contributed by atoms with E-state index in [0.717, 1.165) is 22.4 Å². The Morgan fingerprint density at radius 1 is 1.15 bits per heavy atom. The van der Waals surface area contributed by atoms with E-state index < -0.39 is 0 Å². The van der Waals surface area contributed by atoms with E-state index >= 15 is 0 Å². The Morgan fingerprint density at radius 3 is 2.50 bits per heavy atom. The van der Waals surface area contributed by atoms with Gasteiger partial charge in [-0.15, -0.1) is 0 Å². The highest BCUT2D eigenvalue weighted by Crippen LogP contribution is 2.36. The van der Waals surface area contributed by atoms with E-state index in [4.69, 9.17) is 4.74 Å². The first-order chi connectivity index (χ1) is 9.41. The number of rotatable bonds is 3. The topological polar surface area (TPSA) is 22.1 Å². The van der Waals surface area contributed by atoms with Crippen molar-refractivity contribution >= 4 is 15.9 Å². The largest absolute Gasteiger partial charge is 0.456 e. The third kappa shape index (κ3) is 3.40. The van der Waals surface area contributed by atoms with Crippen LogP contribution in [0.4, 0.5) is 0 Å². The van der Waals surface area contributed by atoms with E-state index in [-0.39, 0.29) is 5.41 Å². The quantitative estimate of drug-likeness (QED) is 0.740. The molecule has 0 aliphatic heterocycles. The van der Waals surface area contributed by atoms with Crippen LogP contribution in [0, 0.1) is 0 Å². The summed E-state index contributed by atoms with van der Waals surface area (Å²) in [4.78, 5) is 4.06. The van der Waals surface area contributed by atoms with E-state index in [9.17, 15) is 0 Å². The molecule has 2 aromatic rings. The standard InChI is InChI=1S/C17H20BrNO/c1-5-12-6-7-15(13(10-12)17(2,3)4)20-16-8-9-19-11-14(16)18/h6-11H,5H2,1-4H3. The summed E-state index contributed by atoms with van der Waals surface area (Å²) in [6, 6.07) is 8.29. The summed E-state index contributed by atoms with van der Waals surface area (Å²) < 4.78 is 6.94. The number of halogens is 1. The van der Waals surface area contributed by atoms with Crippen LogP contribution >= 0.6 is 15.9 Å². The Kier molecular flexibility index (Phi) is 4.48. The number of hydrogen-bond acceptors (Lipinski definition) is 2. The van der Waals surface area contributed by atoms with Crippen molar-refractivity contribution in [3.8, 4) is 11.5 Å². The number of hydrogen-bond donors (Lipinski definition) is 0. The molecule has 0 spiro atoms. The van der Waals surface area contributed by atoms with Gasteiger partial charge in [-0.1, -0.05) is 39.8 Å². The van der Waals surface area contributed by atoms with Crippen LogP contribution < -0.4 is 4.74 Å². The third-order valence-corrected chi connectivity index (χ3v) is 3.81. The summed E-state index contributed by atoms with van der Waals surface area (Å²) >= 11 is 3.47. The minimum Gasteiger partial charge on any atom is -0.456 e. The molecule has 2 rings (SSSR count). The van der Waals surface area contributed by atoms with Gasteiger partial charge in [-0.25, -0.2) is 0 Å². The van der Waals surface area contributed by atoms with Crippen molar-refractivity contribution in [1.82, 2.24) is 4.98 Å². The number of nitrogens with zero attached hydrogens (tertiary/aromatic N) is 1. The van der Waals surface area contributed by atoms with Crippen LogP contribution in [0.5, 0.6) is 11.5 Å². The lowest BCUT2D eigenvalue weighted by atomic mass is 9.85. The zero-order valence-corrected chi connectivity index (χ0v) is 14.0. The highest BCUT2D eigenvalue weighted by molar-refractivity contribution is 9.10. The second kappa shape index (κ2) is 5.96. The van der Waals surface area contributed by atoms with Crippen molar-refractivity contribution in [3.63, 3.8) is 0 Å². The molecule has 0 fully saturated rings. The van der Waals surface area contributed by atoms with Crippen molar-refractivity contribution in [2.45, 2.75) is 39.5 Å². The maximum absolute atomic E-state index is 6.08. The van der Waals surface area contributed by atoms with Gasteiger partial charge in [0.25, 0.3) is 0 Å². The van der Waals surface area contributed by atoms with Crippen LogP contribution in [0.1, 0.15) is 38.8 Å². The number of ether oxygens (including phenoxy) is 1. The predicted octanol–water partition coefficient (Wildman–Crippen LogP) is 5.50. The monoisotopic (exact) mass is 333 g/mol. The molecular weight excluding hydrogens is 314 g/mol. The molecule has 0 unspecified atom stereocenters. The first kappa shape index (κ1) is 15.0. The maximum Gasteiger partial charge on any atom is 0.144 e. The molecule has 0 saturated carbocycles. The molecule has 0 amide bonds. The van der Waals surface area contributed by atoms with E-state index in [1.54, 1.807) is 12.4 Å². The van der Waals surface area contributed by atoms with Crippen LogP contribution in [-0.4, -0.2) is 4.98 Å². The number of pyridine rings is 1. The summed E-state index contributed by atoms with van der Waals surface area (Å²) in [6.45, 7) is 8.78. The molecule has 0 atom stereocenters. The molecule has 0 aliphatic carbocycles. The second-order valence-electron chi connectivity index (χ2n) is 5.84.